The molecule has 1 aliphatic rings. The average Bonchev–Trinajstić information content (AvgIpc) is 3.01. The van der Waals surface area contributed by atoms with E-state index in [1.54, 1.807) is 17.7 Å². The number of amides is 3. The Morgan fingerprint density at radius 2 is 2.04 bits per heavy atom. The van der Waals surface area contributed by atoms with Crippen LogP contribution in [0.5, 0.6) is 0 Å². The quantitative estimate of drug-likeness (QED) is 0.838. The third-order valence-electron chi connectivity index (χ3n) is 3.81. The maximum absolute atomic E-state index is 11.4. The molecule has 0 bridgehead atoms. The van der Waals surface area contributed by atoms with E-state index in [0.29, 0.717) is 6.54 Å². The van der Waals surface area contributed by atoms with Crippen molar-refractivity contribution in [2.45, 2.75) is 6.42 Å². The van der Waals surface area contributed by atoms with Gasteiger partial charge in [-0.25, -0.2) is 14.8 Å². The molecule has 3 amide bonds. The number of carbonyl (C=O) groups is 2. The molecule has 2 aromatic heterocycles. The first-order valence-corrected chi connectivity index (χ1v) is 8.26. The number of aromatic nitrogens is 2. The molecular weight excluding hydrogens is 316 g/mol. The third-order valence-corrected chi connectivity index (χ3v) is 4.71. The van der Waals surface area contributed by atoms with Crippen molar-refractivity contribution >= 4 is 39.3 Å². The van der Waals surface area contributed by atoms with Gasteiger partial charge in [0.25, 0.3) is 0 Å². The summed E-state index contributed by atoms with van der Waals surface area (Å²) in [6.45, 7) is 4.01. The molecule has 0 aromatic carbocycles. The first-order valence-electron chi connectivity index (χ1n) is 7.38. The van der Waals surface area contributed by atoms with Gasteiger partial charge in [-0.15, -0.1) is 11.3 Å². The number of hydrogen-bond acceptors (Lipinski definition) is 7. The van der Waals surface area contributed by atoms with Crippen molar-refractivity contribution in [3.05, 3.63) is 17.8 Å². The number of rotatable bonds is 4. The van der Waals surface area contributed by atoms with Crippen molar-refractivity contribution in [3.8, 4) is 0 Å². The Bertz CT molecular complexity index is 710. The number of hydrogen-bond donors (Lipinski definition) is 2. The van der Waals surface area contributed by atoms with Crippen molar-refractivity contribution in [2.75, 3.05) is 37.6 Å². The van der Waals surface area contributed by atoms with Gasteiger partial charge in [-0.2, -0.15) is 0 Å². The summed E-state index contributed by atoms with van der Waals surface area (Å²) in [6, 6.07) is 1.20. The van der Waals surface area contributed by atoms with Crippen LogP contribution in [0.4, 0.5) is 10.6 Å². The summed E-state index contributed by atoms with van der Waals surface area (Å²) in [5, 5.41) is 4.11. The highest BCUT2D eigenvalue weighted by atomic mass is 32.1. The molecule has 0 atom stereocenters. The summed E-state index contributed by atoms with van der Waals surface area (Å²) in [5.74, 6) is 0.646. The van der Waals surface area contributed by atoms with E-state index in [2.05, 4.69) is 25.1 Å². The normalized spacial score (nSPS) is 15.7. The van der Waals surface area contributed by atoms with Crippen molar-refractivity contribution in [1.29, 1.82) is 0 Å². The molecule has 2 aromatic rings. The standard InChI is InChI=1S/C14H18N6O2S/c15-14(22)18-11(21)1-3-19-4-6-20(7-5-19)13-12-10(2-8-23-12)16-9-17-13/h2,8-9H,1,3-7H2,(H3,15,18,21,22). The fourth-order valence-electron chi connectivity index (χ4n) is 2.64. The molecule has 1 fully saturated rings. The van der Waals surface area contributed by atoms with E-state index < -0.39 is 6.03 Å². The number of urea groups is 1. The van der Waals surface area contributed by atoms with Gasteiger partial charge >= 0.3 is 6.03 Å². The molecule has 0 spiro atoms. The number of fused-ring (bicyclic) bond motifs is 1. The summed E-state index contributed by atoms with van der Waals surface area (Å²) < 4.78 is 1.11. The lowest BCUT2D eigenvalue weighted by Crippen LogP contribution is -2.47. The Morgan fingerprint density at radius 3 is 2.78 bits per heavy atom. The Balaban J connectivity index is 1.53. The molecule has 0 radical (unpaired) electrons. The molecule has 3 N–H and O–H groups in total. The lowest BCUT2D eigenvalue weighted by molar-refractivity contribution is -0.120. The lowest BCUT2D eigenvalue weighted by Gasteiger charge is -2.35. The number of nitrogens with two attached hydrogens (primary N) is 1. The molecule has 23 heavy (non-hydrogen) atoms. The van der Waals surface area contributed by atoms with Gasteiger partial charge in [0.15, 0.2) is 0 Å². The first kappa shape index (κ1) is 15.6. The predicted molar refractivity (Wildman–Crippen MR) is 88.4 cm³/mol. The maximum Gasteiger partial charge on any atom is 0.318 e. The molecule has 0 unspecified atom stereocenters. The zero-order chi connectivity index (χ0) is 16.2. The van der Waals surface area contributed by atoms with Gasteiger partial charge in [-0.3, -0.25) is 15.0 Å². The van der Waals surface area contributed by atoms with Crippen LogP contribution in [0.3, 0.4) is 0 Å². The van der Waals surface area contributed by atoms with Crippen molar-refractivity contribution in [2.24, 2.45) is 5.73 Å². The second-order valence-corrected chi connectivity index (χ2v) is 6.24. The second-order valence-electron chi connectivity index (χ2n) is 5.32. The van der Waals surface area contributed by atoms with Crippen molar-refractivity contribution in [3.63, 3.8) is 0 Å². The van der Waals surface area contributed by atoms with Gasteiger partial charge in [0.05, 0.1) is 10.2 Å². The van der Waals surface area contributed by atoms with E-state index in [4.69, 9.17) is 5.73 Å². The van der Waals surface area contributed by atoms with Crippen molar-refractivity contribution < 1.29 is 9.59 Å². The van der Waals surface area contributed by atoms with Crippen LogP contribution < -0.4 is 16.0 Å². The Labute approximate surface area is 137 Å². The smallest absolute Gasteiger partial charge is 0.318 e. The number of nitrogens with one attached hydrogen (secondary N) is 1. The lowest BCUT2D eigenvalue weighted by atomic mass is 10.2. The summed E-state index contributed by atoms with van der Waals surface area (Å²) >= 11 is 1.65. The van der Waals surface area contributed by atoms with E-state index in [-0.39, 0.29) is 12.3 Å². The number of imide groups is 1. The van der Waals surface area contributed by atoms with E-state index >= 15 is 0 Å². The summed E-state index contributed by atoms with van der Waals surface area (Å²) in [4.78, 5) is 35.2. The fourth-order valence-corrected chi connectivity index (χ4v) is 3.51. The zero-order valence-corrected chi connectivity index (χ0v) is 13.4. The van der Waals surface area contributed by atoms with E-state index in [9.17, 15) is 9.59 Å². The molecule has 0 aliphatic carbocycles. The van der Waals surface area contributed by atoms with Crippen LogP contribution in [0, 0.1) is 0 Å². The molecule has 0 saturated carbocycles. The fraction of sp³-hybridized carbons (Fsp3) is 0.429. The Morgan fingerprint density at radius 1 is 1.26 bits per heavy atom. The van der Waals surface area contributed by atoms with Crippen LogP contribution in [0.15, 0.2) is 17.8 Å². The molecule has 3 heterocycles. The number of piperazine rings is 1. The van der Waals surface area contributed by atoms with Gasteiger partial charge in [0, 0.05) is 39.1 Å². The summed E-state index contributed by atoms with van der Waals surface area (Å²) in [6.07, 6.45) is 1.87. The van der Waals surface area contributed by atoms with E-state index in [0.717, 1.165) is 42.2 Å². The highest BCUT2D eigenvalue weighted by molar-refractivity contribution is 7.17. The van der Waals surface area contributed by atoms with Crippen LogP contribution in [-0.2, 0) is 4.79 Å². The average molecular weight is 334 g/mol. The predicted octanol–water partition coefficient (Wildman–Crippen LogP) is 0.398. The number of nitrogens with zero attached hydrogens (tertiary/aromatic N) is 4. The third kappa shape index (κ3) is 3.74. The molecular formula is C14H18N6O2S. The number of primary amides is 1. The minimum absolute atomic E-state index is 0.269. The number of anilines is 1. The van der Waals surface area contributed by atoms with Gasteiger partial charge in [-0.1, -0.05) is 0 Å². The molecule has 1 aliphatic heterocycles. The van der Waals surface area contributed by atoms with Gasteiger partial charge in [0.1, 0.15) is 12.1 Å². The van der Waals surface area contributed by atoms with Crippen LogP contribution in [0.2, 0.25) is 0 Å². The molecule has 1 saturated heterocycles. The molecule has 9 heteroatoms. The topological polar surface area (TPSA) is 104 Å². The number of thiophene rings is 1. The van der Waals surface area contributed by atoms with Crippen molar-refractivity contribution in [1.82, 2.24) is 20.2 Å². The van der Waals surface area contributed by atoms with E-state index in [1.165, 1.54) is 0 Å². The van der Waals surface area contributed by atoms with Crippen LogP contribution >= 0.6 is 11.3 Å². The monoisotopic (exact) mass is 334 g/mol. The largest absolute Gasteiger partial charge is 0.353 e. The van der Waals surface area contributed by atoms with Crippen LogP contribution in [0.1, 0.15) is 6.42 Å². The minimum atomic E-state index is -0.802. The minimum Gasteiger partial charge on any atom is -0.353 e. The molecule has 8 nitrogen and oxygen atoms in total. The number of carbonyl (C=O) groups excluding carboxylic acids is 2. The highest BCUT2D eigenvalue weighted by Gasteiger charge is 2.20. The first-order chi connectivity index (χ1) is 11.1. The highest BCUT2D eigenvalue weighted by Crippen LogP contribution is 2.28. The Hall–Kier alpha value is -2.26. The van der Waals surface area contributed by atoms with Gasteiger partial charge < -0.3 is 10.6 Å². The van der Waals surface area contributed by atoms with Gasteiger partial charge in [-0.05, 0) is 11.4 Å². The van der Waals surface area contributed by atoms with Gasteiger partial charge in [0.2, 0.25) is 5.91 Å². The van der Waals surface area contributed by atoms with Crippen LogP contribution in [-0.4, -0.2) is 59.5 Å². The maximum atomic E-state index is 11.4. The summed E-state index contributed by atoms with van der Waals surface area (Å²) in [7, 11) is 0. The summed E-state index contributed by atoms with van der Waals surface area (Å²) in [5.41, 5.74) is 5.90. The van der Waals surface area contributed by atoms with E-state index in [1.807, 2.05) is 11.4 Å². The second kappa shape index (κ2) is 6.88. The van der Waals surface area contributed by atoms with Crippen LogP contribution in [0.25, 0.3) is 10.2 Å². The molecule has 3 rings (SSSR count). The Kier molecular flexibility index (Phi) is 4.68. The zero-order valence-electron chi connectivity index (χ0n) is 12.6. The SMILES string of the molecule is NC(=O)NC(=O)CCN1CCN(c2ncnc3ccsc23)CC1. The molecule has 122 valence electrons.